The lowest BCUT2D eigenvalue weighted by atomic mass is 9.93. The predicted octanol–water partition coefficient (Wildman–Crippen LogP) is 1.93. The zero-order valence-corrected chi connectivity index (χ0v) is 7.76. The summed E-state index contributed by atoms with van der Waals surface area (Å²) in [6, 6.07) is 0. The molecule has 0 radical (unpaired) electrons. The van der Waals surface area contributed by atoms with Gasteiger partial charge in [-0.3, -0.25) is 4.79 Å². The van der Waals surface area contributed by atoms with E-state index >= 15 is 0 Å². The van der Waals surface area contributed by atoms with E-state index in [9.17, 15) is 4.79 Å². The van der Waals surface area contributed by atoms with Crippen LogP contribution in [0.1, 0.15) is 40.0 Å². The van der Waals surface area contributed by atoms with E-state index < -0.39 is 0 Å². The smallest absolute Gasteiger partial charge is 0.220 e. The first-order chi connectivity index (χ1) is 5.07. The highest BCUT2D eigenvalue weighted by Crippen LogP contribution is 2.16. The van der Waals surface area contributed by atoms with Crippen LogP contribution in [-0.2, 0) is 4.79 Å². The van der Waals surface area contributed by atoms with Crippen LogP contribution in [0.2, 0.25) is 0 Å². The average molecular weight is 157 g/mol. The van der Waals surface area contributed by atoms with Gasteiger partial charge in [-0.1, -0.05) is 27.2 Å². The molecule has 0 aromatic carbocycles. The second-order valence-electron chi connectivity index (χ2n) is 3.52. The average Bonchev–Trinajstić information content (AvgIpc) is 1.86. The zero-order chi connectivity index (χ0) is 8.85. The molecule has 1 unspecified atom stereocenters. The van der Waals surface area contributed by atoms with Gasteiger partial charge in [-0.2, -0.15) is 0 Å². The maximum Gasteiger partial charge on any atom is 0.220 e. The summed E-state index contributed by atoms with van der Waals surface area (Å²) in [4.78, 5) is 10.8. The monoisotopic (exact) mass is 157 g/mol. The molecule has 1 atom stereocenters. The maximum absolute atomic E-state index is 10.8. The highest BCUT2D eigenvalue weighted by atomic mass is 16.1. The van der Waals surface area contributed by atoms with Gasteiger partial charge in [0.1, 0.15) is 0 Å². The topological polar surface area (TPSA) is 43.1 Å². The number of carbonyl (C=O) groups is 1. The van der Waals surface area contributed by atoms with Gasteiger partial charge >= 0.3 is 0 Å². The minimum atomic E-state index is -0.138. The molecule has 0 heterocycles. The molecule has 2 nitrogen and oxygen atoms in total. The van der Waals surface area contributed by atoms with Gasteiger partial charge < -0.3 is 5.73 Å². The van der Waals surface area contributed by atoms with Crippen molar-refractivity contribution in [3.8, 4) is 0 Å². The van der Waals surface area contributed by atoms with E-state index in [0.29, 0.717) is 5.92 Å². The molecule has 0 aliphatic heterocycles. The van der Waals surface area contributed by atoms with Crippen molar-refractivity contribution in [2.75, 3.05) is 0 Å². The maximum atomic E-state index is 10.8. The molecule has 0 spiro atoms. The van der Waals surface area contributed by atoms with E-state index in [4.69, 9.17) is 5.73 Å². The molecule has 0 aliphatic rings. The summed E-state index contributed by atoms with van der Waals surface area (Å²) in [7, 11) is 0. The first-order valence-corrected chi connectivity index (χ1v) is 4.37. The lowest BCUT2D eigenvalue weighted by Crippen LogP contribution is -2.24. The minimum absolute atomic E-state index is 0.0972. The minimum Gasteiger partial charge on any atom is -0.369 e. The van der Waals surface area contributed by atoms with Crippen molar-refractivity contribution in [2.24, 2.45) is 17.6 Å². The molecule has 0 aromatic heterocycles. The number of amides is 1. The van der Waals surface area contributed by atoms with Gasteiger partial charge in [0.05, 0.1) is 0 Å². The van der Waals surface area contributed by atoms with Gasteiger partial charge in [-0.25, -0.2) is 0 Å². The van der Waals surface area contributed by atoms with Crippen LogP contribution >= 0.6 is 0 Å². The third kappa shape index (κ3) is 4.82. The van der Waals surface area contributed by atoms with Crippen molar-refractivity contribution in [3.05, 3.63) is 0 Å². The molecule has 66 valence electrons. The molecule has 1 amide bonds. The van der Waals surface area contributed by atoms with E-state index in [1.54, 1.807) is 0 Å². The second kappa shape index (κ2) is 5.16. The van der Waals surface area contributed by atoms with Crippen LogP contribution < -0.4 is 5.73 Å². The van der Waals surface area contributed by atoms with Crippen molar-refractivity contribution < 1.29 is 4.79 Å². The van der Waals surface area contributed by atoms with Crippen LogP contribution in [0.5, 0.6) is 0 Å². The molecule has 0 bridgehead atoms. The van der Waals surface area contributed by atoms with Gasteiger partial charge in [0, 0.05) is 5.92 Å². The van der Waals surface area contributed by atoms with E-state index in [2.05, 4.69) is 20.8 Å². The van der Waals surface area contributed by atoms with E-state index in [1.165, 1.54) is 0 Å². The second-order valence-corrected chi connectivity index (χ2v) is 3.52. The molecule has 0 rings (SSSR count). The fraction of sp³-hybridized carbons (Fsp3) is 0.889. The van der Waals surface area contributed by atoms with E-state index in [0.717, 1.165) is 19.3 Å². The number of carbonyl (C=O) groups excluding carboxylic acids is 1. The van der Waals surface area contributed by atoms with Gasteiger partial charge in [-0.05, 0) is 18.8 Å². The van der Waals surface area contributed by atoms with Crippen LogP contribution in [0.3, 0.4) is 0 Å². The summed E-state index contributed by atoms with van der Waals surface area (Å²) >= 11 is 0. The molecule has 2 heteroatoms. The fourth-order valence-electron chi connectivity index (χ4n) is 1.29. The first kappa shape index (κ1) is 10.5. The Morgan fingerprint density at radius 3 is 2.27 bits per heavy atom. The van der Waals surface area contributed by atoms with Gasteiger partial charge in [-0.15, -0.1) is 0 Å². The molecule has 0 fully saturated rings. The fourth-order valence-corrected chi connectivity index (χ4v) is 1.29. The normalized spacial score (nSPS) is 13.5. The highest BCUT2D eigenvalue weighted by Gasteiger charge is 2.14. The highest BCUT2D eigenvalue weighted by molar-refractivity contribution is 5.76. The summed E-state index contributed by atoms with van der Waals surface area (Å²) in [5.74, 6) is 0.527. The third-order valence-electron chi connectivity index (χ3n) is 1.80. The van der Waals surface area contributed by atoms with E-state index in [1.807, 2.05) is 0 Å². The van der Waals surface area contributed by atoms with Crippen molar-refractivity contribution in [1.82, 2.24) is 0 Å². The Kier molecular flexibility index (Phi) is 4.92. The van der Waals surface area contributed by atoms with Crippen LogP contribution in [0.25, 0.3) is 0 Å². The number of hydrogen-bond donors (Lipinski definition) is 1. The SMILES string of the molecule is CCCC(CC(C)C)C(N)=O. The quantitative estimate of drug-likeness (QED) is 0.651. The molecule has 0 aliphatic carbocycles. The predicted molar refractivity (Wildman–Crippen MR) is 47.0 cm³/mol. The molecule has 2 N–H and O–H groups in total. The molecule has 0 saturated carbocycles. The number of primary amides is 1. The van der Waals surface area contributed by atoms with Gasteiger partial charge in [0.15, 0.2) is 0 Å². The molecule has 11 heavy (non-hydrogen) atoms. The third-order valence-corrected chi connectivity index (χ3v) is 1.80. The van der Waals surface area contributed by atoms with Crippen molar-refractivity contribution >= 4 is 5.91 Å². The Balaban J connectivity index is 3.79. The molecule has 0 aromatic rings. The Morgan fingerprint density at radius 2 is 2.00 bits per heavy atom. The number of nitrogens with two attached hydrogens (primary N) is 1. The summed E-state index contributed by atoms with van der Waals surface area (Å²) in [5, 5.41) is 0. The number of rotatable bonds is 5. The van der Waals surface area contributed by atoms with Crippen LogP contribution in [0.4, 0.5) is 0 Å². The molecular formula is C9H19NO. The summed E-state index contributed by atoms with van der Waals surface area (Å²) in [6.07, 6.45) is 2.91. The van der Waals surface area contributed by atoms with E-state index in [-0.39, 0.29) is 11.8 Å². The zero-order valence-electron chi connectivity index (χ0n) is 7.76. The Bertz CT molecular complexity index is 121. The van der Waals surface area contributed by atoms with Gasteiger partial charge in [0.25, 0.3) is 0 Å². The molecule has 0 saturated heterocycles. The summed E-state index contributed by atoms with van der Waals surface area (Å²) in [5.41, 5.74) is 5.23. The van der Waals surface area contributed by atoms with Crippen molar-refractivity contribution in [2.45, 2.75) is 40.0 Å². The summed E-state index contributed by atoms with van der Waals surface area (Å²) < 4.78 is 0. The van der Waals surface area contributed by atoms with Crippen molar-refractivity contribution in [1.29, 1.82) is 0 Å². The lowest BCUT2D eigenvalue weighted by molar-refractivity contribution is -0.122. The van der Waals surface area contributed by atoms with Crippen molar-refractivity contribution in [3.63, 3.8) is 0 Å². The standard InChI is InChI=1S/C9H19NO/c1-4-5-8(9(10)11)6-7(2)3/h7-8H,4-6H2,1-3H3,(H2,10,11). The Hall–Kier alpha value is -0.530. The van der Waals surface area contributed by atoms with Crippen LogP contribution in [0, 0.1) is 11.8 Å². The Morgan fingerprint density at radius 1 is 1.45 bits per heavy atom. The molecular weight excluding hydrogens is 138 g/mol. The lowest BCUT2D eigenvalue weighted by Gasteiger charge is -2.13. The van der Waals surface area contributed by atoms with Gasteiger partial charge in [0.2, 0.25) is 5.91 Å². The number of hydrogen-bond acceptors (Lipinski definition) is 1. The largest absolute Gasteiger partial charge is 0.369 e. The first-order valence-electron chi connectivity index (χ1n) is 4.37. The van der Waals surface area contributed by atoms with Crippen LogP contribution in [-0.4, -0.2) is 5.91 Å². The Labute approximate surface area is 69.2 Å². The van der Waals surface area contributed by atoms with Crippen LogP contribution in [0.15, 0.2) is 0 Å². The summed E-state index contributed by atoms with van der Waals surface area (Å²) in [6.45, 7) is 6.31.